The van der Waals surface area contributed by atoms with Gasteiger partial charge in [0.2, 0.25) is 0 Å². The van der Waals surface area contributed by atoms with Crippen molar-refractivity contribution in [3.63, 3.8) is 0 Å². The molecule has 0 saturated heterocycles. The molecule has 0 unspecified atom stereocenters. The molecule has 0 saturated carbocycles. The molecule has 0 fully saturated rings. The van der Waals surface area contributed by atoms with Gasteiger partial charge in [0, 0.05) is 17.3 Å². The van der Waals surface area contributed by atoms with E-state index in [9.17, 15) is 10.1 Å². The second kappa shape index (κ2) is 5.34. The maximum Gasteiger partial charge on any atom is 0.274 e. The number of nitrogens with two attached hydrogens (primary N) is 1. The minimum atomic E-state index is -0.363. The van der Waals surface area contributed by atoms with Crippen molar-refractivity contribution >= 4 is 11.4 Å². The van der Waals surface area contributed by atoms with E-state index >= 15 is 0 Å². The maximum absolute atomic E-state index is 10.8. The van der Waals surface area contributed by atoms with Crippen molar-refractivity contribution in [3.05, 3.63) is 33.9 Å². The third-order valence-corrected chi connectivity index (χ3v) is 2.36. The van der Waals surface area contributed by atoms with Gasteiger partial charge in [0.15, 0.2) is 0 Å². The number of nitro groups is 1. The molecule has 0 aliphatic carbocycles. The molecule has 0 heterocycles. The quantitative estimate of drug-likeness (QED) is 0.350. The third-order valence-electron chi connectivity index (χ3n) is 2.36. The number of nitrogens with zero attached hydrogens (tertiary/aromatic N) is 1. The number of hydrogen-bond donors (Lipinski definition) is 1. The highest BCUT2D eigenvalue weighted by molar-refractivity contribution is 5.52. The first-order valence-corrected chi connectivity index (χ1v) is 5.18. The lowest BCUT2D eigenvalue weighted by Crippen LogP contribution is -1.97. The van der Waals surface area contributed by atoms with Gasteiger partial charge < -0.3 is 5.73 Å². The zero-order valence-electron chi connectivity index (χ0n) is 8.90. The summed E-state index contributed by atoms with van der Waals surface area (Å²) in [5.74, 6) is 0. The van der Waals surface area contributed by atoms with Crippen LogP contribution in [0.1, 0.15) is 31.7 Å². The van der Waals surface area contributed by atoms with E-state index < -0.39 is 0 Å². The maximum atomic E-state index is 10.8. The largest absolute Gasteiger partial charge is 0.399 e. The average molecular weight is 208 g/mol. The Labute approximate surface area is 89.2 Å². The third kappa shape index (κ3) is 3.23. The van der Waals surface area contributed by atoms with Crippen molar-refractivity contribution in [2.45, 2.75) is 32.6 Å². The molecule has 0 amide bonds. The van der Waals surface area contributed by atoms with Gasteiger partial charge in [0.1, 0.15) is 0 Å². The van der Waals surface area contributed by atoms with E-state index in [1.807, 2.05) is 0 Å². The highest BCUT2D eigenvalue weighted by Crippen LogP contribution is 2.23. The summed E-state index contributed by atoms with van der Waals surface area (Å²) >= 11 is 0. The van der Waals surface area contributed by atoms with Gasteiger partial charge in [-0.3, -0.25) is 10.1 Å². The van der Waals surface area contributed by atoms with E-state index in [-0.39, 0.29) is 10.6 Å². The molecule has 0 radical (unpaired) electrons. The molecule has 0 atom stereocenters. The molecule has 82 valence electrons. The summed E-state index contributed by atoms with van der Waals surface area (Å²) < 4.78 is 0. The minimum absolute atomic E-state index is 0.145. The lowest BCUT2D eigenvalue weighted by atomic mass is 10.0. The Hall–Kier alpha value is -1.58. The van der Waals surface area contributed by atoms with Gasteiger partial charge in [0.25, 0.3) is 5.69 Å². The Kier molecular flexibility index (Phi) is 4.09. The molecule has 1 rings (SSSR count). The number of benzene rings is 1. The van der Waals surface area contributed by atoms with E-state index in [0.717, 1.165) is 31.2 Å². The first kappa shape index (κ1) is 11.5. The van der Waals surface area contributed by atoms with Crippen LogP contribution in [0.5, 0.6) is 0 Å². The van der Waals surface area contributed by atoms with Crippen LogP contribution < -0.4 is 5.73 Å². The van der Waals surface area contributed by atoms with E-state index in [1.54, 1.807) is 12.1 Å². The van der Waals surface area contributed by atoms with Crippen LogP contribution in [0.2, 0.25) is 0 Å². The van der Waals surface area contributed by atoms with Gasteiger partial charge in [-0.15, -0.1) is 0 Å². The van der Waals surface area contributed by atoms with E-state index in [2.05, 4.69) is 6.92 Å². The van der Waals surface area contributed by atoms with Gasteiger partial charge >= 0.3 is 0 Å². The van der Waals surface area contributed by atoms with Crippen molar-refractivity contribution in [3.8, 4) is 0 Å². The van der Waals surface area contributed by atoms with Crippen molar-refractivity contribution in [2.24, 2.45) is 0 Å². The van der Waals surface area contributed by atoms with Crippen molar-refractivity contribution in [1.82, 2.24) is 0 Å². The number of anilines is 1. The molecule has 4 nitrogen and oxygen atoms in total. The molecule has 1 aromatic carbocycles. The summed E-state index contributed by atoms with van der Waals surface area (Å²) in [4.78, 5) is 10.4. The minimum Gasteiger partial charge on any atom is -0.399 e. The van der Waals surface area contributed by atoms with Crippen LogP contribution in [0.15, 0.2) is 18.2 Å². The van der Waals surface area contributed by atoms with Crippen LogP contribution in [0.25, 0.3) is 0 Å². The first-order valence-electron chi connectivity index (χ1n) is 5.18. The number of aryl methyl sites for hydroxylation is 1. The second-order valence-corrected chi connectivity index (χ2v) is 3.60. The molecule has 0 aromatic heterocycles. The lowest BCUT2D eigenvalue weighted by molar-refractivity contribution is -0.385. The zero-order valence-corrected chi connectivity index (χ0v) is 8.90. The molecule has 1 aromatic rings. The van der Waals surface area contributed by atoms with E-state index in [4.69, 9.17) is 5.73 Å². The summed E-state index contributed by atoms with van der Waals surface area (Å²) in [6, 6.07) is 4.90. The van der Waals surface area contributed by atoms with Gasteiger partial charge in [-0.25, -0.2) is 0 Å². The molecule has 2 N–H and O–H groups in total. The standard InChI is InChI=1S/C11H16N2O2/c1-2-3-4-5-9-6-7-10(12)8-11(9)13(14)15/h6-8H,2-5,12H2,1H3. The number of nitro benzene ring substituents is 1. The average Bonchev–Trinajstić information content (AvgIpc) is 2.20. The Morgan fingerprint density at radius 3 is 2.73 bits per heavy atom. The van der Waals surface area contributed by atoms with Crippen LogP contribution in [-0.2, 0) is 6.42 Å². The number of rotatable bonds is 5. The Balaban J connectivity index is 2.81. The van der Waals surface area contributed by atoms with Gasteiger partial charge in [-0.2, -0.15) is 0 Å². The number of nitrogen functional groups attached to an aromatic ring is 1. The Morgan fingerprint density at radius 1 is 1.40 bits per heavy atom. The Morgan fingerprint density at radius 2 is 2.13 bits per heavy atom. The van der Waals surface area contributed by atoms with Gasteiger partial charge in [-0.1, -0.05) is 25.8 Å². The van der Waals surface area contributed by atoms with Crippen LogP contribution in [-0.4, -0.2) is 4.92 Å². The smallest absolute Gasteiger partial charge is 0.274 e. The highest BCUT2D eigenvalue weighted by atomic mass is 16.6. The highest BCUT2D eigenvalue weighted by Gasteiger charge is 2.12. The summed E-state index contributed by atoms with van der Waals surface area (Å²) in [7, 11) is 0. The fraction of sp³-hybridized carbons (Fsp3) is 0.455. The second-order valence-electron chi connectivity index (χ2n) is 3.60. The topological polar surface area (TPSA) is 69.2 Å². The molecule has 0 aliphatic rings. The van der Waals surface area contributed by atoms with Crippen molar-refractivity contribution in [2.75, 3.05) is 5.73 Å². The molecule has 0 bridgehead atoms. The van der Waals surface area contributed by atoms with Gasteiger partial charge in [0.05, 0.1) is 4.92 Å². The predicted octanol–water partition coefficient (Wildman–Crippen LogP) is 2.91. The van der Waals surface area contributed by atoms with Crippen molar-refractivity contribution in [1.29, 1.82) is 0 Å². The van der Waals surface area contributed by atoms with Crippen LogP contribution in [0, 0.1) is 10.1 Å². The molecule has 0 spiro atoms. The Bertz CT molecular complexity index is 350. The van der Waals surface area contributed by atoms with Gasteiger partial charge in [-0.05, 0) is 18.9 Å². The van der Waals surface area contributed by atoms with Crippen LogP contribution in [0.4, 0.5) is 11.4 Å². The normalized spacial score (nSPS) is 10.2. The fourth-order valence-electron chi connectivity index (χ4n) is 1.53. The van der Waals surface area contributed by atoms with Crippen LogP contribution in [0.3, 0.4) is 0 Å². The fourth-order valence-corrected chi connectivity index (χ4v) is 1.53. The summed E-state index contributed by atoms with van der Waals surface area (Å²) in [5, 5.41) is 10.8. The lowest BCUT2D eigenvalue weighted by Gasteiger charge is -2.03. The summed E-state index contributed by atoms with van der Waals surface area (Å²) in [6.45, 7) is 2.11. The number of unbranched alkanes of at least 4 members (excludes halogenated alkanes) is 2. The molecule has 0 aliphatic heterocycles. The SMILES string of the molecule is CCCCCc1ccc(N)cc1[N+](=O)[O-]. The van der Waals surface area contributed by atoms with Crippen LogP contribution >= 0.6 is 0 Å². The molecular weight excluding hydrogens is 192 g/mol. The zero-order chi connectivity index (χ0) is 11.3. The molecule has 15 heavy (non-hydrogen) atoms. The van der Waals surface area contributed by atoms with E-state index in [1.165, 1.54) is 6.07 Å². The first-order chi connectivity index (χ1) is 7.15. The number of hydrogen-bond acceptors (Lipinski definition) is 3. The van der Waals surface area contributed by atoms with E-state index in [0.29, 0.717) is 5.69 Å². The van der Waals surface area contributed by atoms with Crippen molar-refractivity contribution < 1.29 is 4.92 Å². The predicted molar refractivity (Wildman–Crippen MR) is 60.7 cm³/mol. The molecule has 4 heteroatoms. The summed E-state index contributed by atoms with van der Waals surface area (Å²) in [5.41, 5.74) is 6.89. The molecular formula is C11H16N2O2. The summed E-state index contributed by atoms with van der Waals surface area (Å²) in [6.07, 6.45) is 3.95. The monoisotopic (exact) mass is 208 g/mol.